The SMILES string of the molecule is C=CCNc1ccc(C#N)c(-c2nc(Nc3cccc(N4CCOCC4)c3)ncc2Nc2cccc(F)c2)c1. The van der Waals surface area contributed by atoms with Gasteiger partial charge in [-0.15, -0.1) is 6.58 Å². The van der Waals surface area contributed by atoms with Gasteiger partial charge in [0.15, 0.2) is 0 Å². The second-order valence-electron chi connectivity index (χ2n) is 8.91. The maximum Gasteiger partial charge on any atom is 0.227 e. The van der Waals surface area contributed by atoms with Gasteiger partial charge in [-0.3, -0.25) is 0 Å². The molecule has 1 aromatic heterocycles. The van der Waals surface area contributed by atoms with Crippen LogP contribution in [0.1, 0.15) is 5.56 Å². The van der Waals surface area contributed by atoms with Gasteiger partial charge in [0.1, 0.15) is 11.5 Å². The Morgan fingerprint density at radius 2 is 1.79 bits per heavy atom. The normalized spacial score (nSPS) is 12.9. The smallest absolute Gasteiger partial charge is 0.227 e. The lowest BCUT2D eigenvalue weighted by Crippen LogP contribution is -2.36. The van der Waals surface area contributed by atoms with E-state index in [9.17, 15) is 9.65 Å². The van der Waals surface area contributed by atoms with Crippen LogP contribution >= 0.6 is 0 Å². The van der Waals surface area contributed by atoms with Crippen LogP contribution in [-0.4, -0.2) is 42.8 Å². The van der Waals surface area contributed by atoms with Gasteiger partial charge in [-0.2, -0.15) is 5.26 Å². The fourth-order valence-corrected chi connectivity index (χ4v) is 4.33. The van der Waals surface area contributed by atoms with E-state index in [1.54, 1.807) is 30.5 Å². The monoisotopic (exact) mass is 521 g/mol. The van der Waals surface area contributed by atoms with Gasteiger partial charge in [0.05, 0.1) is 36.7 Å². The minimum atomic E-state index is -0.366. The lowest BCUT2D eigenvalue weighted by Gasteiger charge is -2.29. The van der Waals surface area contributed by atoms with Crippen LogP contribution < -0.4 is 20.9 Å². The summed E-state index contributed by atoms with van der Waals surface area (Å²) in [4.78, 5) is 11.6. The van der Waals surface area contributed by atoms with Crippen molar-refractivity contribution in [2.75, 3.05) is 53.7 Å². The molecule has 3 aromatic carbocycles. The van der Waals surface area contributed by atoms with Gasteiger partial charge >= 0.3 is 0 Å². The Kier molecular flexibility index (Phi) is 7.95. The molecule has 3 N–H and O–H groups in total. The van der Waals surface area contributed by atoms with Crippen molar-refractivity contribution in [1.82, 2.24) is 9.97 Å². The third-order valence-corrected chi connectivity index (χ3v) is 6.22. The van der Waals surface area contributed by atoms with E-state index in [1.807, 2.05) is 30.3 Å². The quantitative estimate of drug-likeness (QED) is 0.228. The summed E-state index contributed by atoms with van der Waals surface area (Å²) < 4.78 is 19.4. The van der Waals surface area contributed by atoms with Crippen LogP contribution in [0.5, 0.6) is 0 Å². The van der Waals surface area contributed by atoms with Crippen LogP contribution in [0.2, 0.25) is 0 Å². The Morgan fingerprint density at radius 3 is 2.56 bits per heavy atom. The molecule has 0 bridgehead atoms. The van der Waals surface area contributed by atoms with Crippen LogP contribution in [0.25, 0.3) is 11.3 Å². The molecule has 1 aliphatic heterocycles. The van der Waals surface area contributed by atoms with Crippen LogP contribution in [-0.2, 0) is 4.74 Å². The van der Waals surface area contributed by atoms with Crippen LogP contribution in [0.3, 0.4) is 0 Å². The first-order valence-electron chi connectivity index (χ1n) is 12.6. The summed E-state index contributed by atoms with van der Waals surface area (Å²) in [6.07, 6.45) is 3.39. The minimum Gasteiger partial charge on any atom is -0.382 e. The molecule has 0 saturated carbocycles. The topological polar surface area (TPSA) is 98.1 Å². The van der Waals surface area contributed by atoms with Crippen LogP contribution in [0.15, 0.2) is 85.6 Å². The number of nitriles is 1. The molecule has 0 radical (unpaired) electrons. The molecule has 0 spiro atoms. The number of morpholine rings is 1. The second kappa shape index (κ2) is 12.1. The third-order valence-electron chi connectivity index (χ3n) is 6.22. The molecule has 9 heteroatoms. The summed E-state index contributed by atoms with van der Waals surface area (Å²) >= 11 is 0. The molecule has 2 heterocycles. The summed E-state index contributed by atoms with van der Waals surface area (Å²) in [6, 6.07) is 21.9. The molecule has 0 aliphatic carbocycles. The van der Waals surface area contributed by atoms with E-state index in [2.05, 4.69) is 44.5 Å². The number of nitrogens with zero attached hydrogens (tertiary/aromatic N) is 4. The van der Waals surface area contributed by atoms with Crippen molar-refractivity contribution in [3.8, 4) is 17.3 Å². The average molecular weight is 522 g/mol. The highest BCUT2D eigenvalue weighted by molar-refractivity contribution is 5.83. The first kappa shape index (κ1) is 25.7. The van der Waals surface area contributed by atoms with Crippen molar-refractivity contribution in [2.24, 2.45) is 0 Å². The fraction of sp³-hybridized carbons (Fsp3) is 0.167. The molecule has 1 aliphatic rings. The average Bonchev–Trinajstić information content (AvgIpc) is 2.97. The van der Waals surface area contributed by atoms with E-state index in [0.29, 0.717) is 53.9 Å². The molecule has 1 fully saturated rings. The number of halogens is 1. The Morgan fingerprint density at radius 1 is 1.00 bits per heavy atom. The van der Waals surface area contributed by atoms with E-state index in [0.717, 1.165) is 30.2 Å². The zero-order valence-corrected chi connectivity index (χ0v) is 21.3. The van der Waals surface area contributed by atoms with Gasteiger partial charge in [-0.25, -0.2) is 14.4 Å². The number of ether oxygens (including phenoxy) is 1. The summed E-state index contributed by atoms with van der Waals surface area (Å²) in [5.74, 6) is -0.00324. The summed E-state index contributed by atoms with van der Waals surface area (Å²) in [5, 5.41) is 19.7. The van der Waals surface area contributed by atoms with Crippen molar-refractivity contribution < 1.29 is 9.13 Å². The molecule has 0 amide bonds. The molecular formula is C30H28FN7O. The highest BCUT2D eigenvalue weighted by atomic mass is 19.1. The summed E-state index contributed by atoms with van der Waals surface area (Å²) in [5.41, 5.74) is 5.35. The summed E-state index contributed by atoms with van der Waals surface area (Å²) in [6.45, 7) is 7.38. The number of rotatable bonds is 9. The highest BCUT2D eigenvalue weighted by Crippen LogP contribution is 2.34. The van der Waals surface area contributed by atoms with Gasteiger partial charge in [-0.05, 0) is 54.6 Å². The Labute approximate surface area is 226 Å². The zero-order valence-electron chi connectivity index (χ0n) is 21.3. The van der Waals surface area contributed by atoms with Gasteiger partial charge < -0.3 is 25.6 Å². The molecule has 5 rings (SSSR count). The molecule has 39 heavy (non-hydrogen) atoms. The van der Waals surface area contributed by atoms with E-state index in [4.69, 9.17) is 9.72 Å². The first-order valence-corrected chi connectivity index (χ1v) is 12.6. The van der Waals surface area contributed by atoms with Crippen molar-refractivity contribution in [2.45, 2.75) is 0 Å². The fourth-order valence-electron chi connectivity index (χ4n) is 4.33. The first-order chi connectivity index (χ1) is 19.1. The number of anilines is 6. The summed E-state index contributed by atoms with van der Waals surface area (Å²) in [7, 11) is 0. The minimum absolute atomic E-state index is 0.363. The van der Waals surface area contributed by atoms with Gasteiger partial charge in [0, 0.05) is 47.9 Å². The largest absolute Gasteiger partial charge is 0.382 e. The lowest BCUT2D eigenvalue weighted by atomic mass is 10.0. The molecule has 0 atom stereocenters. The zero-order chi connectivity index (χ0) is 27.0. The molecule has 8 nitrogen and oxygen atoms in total. The lowest BCUT2D eigenvalue weighted by molar-refractivity contribution is 0.122. The molecule has 0 unspecified atom stereocenters. The predicted molar refractivity (Wildman–Crippen MR) is 153 cm³/mol. The maximum atomic E-state index is 13.9. The molecule has 4 aromatic rings. The Hall–Kier alpha value is -4.94. The molecule has 196 valence electrons. The number of aromatic nitrogens is 2. The van der Waals surface area contributed by atoms with E-state index in [-0.39, 0.29) is 5.82 Å². The highest BCUT2D eigenvalue weighted by Gasteiger charge is 2.16. The number of hydrogen-bond donors (Lipinski definition) is 3. The van der Waals surface area contributed by atoms with Gasteiger partial charge in [-0.1, -0.05) is 18.2 Å². The molecular weight excluding hydrogens is 493 g/mol. The second-order valence-corrected chi connectivity index (χ2v) is 8.91. The van der Waals surface area contributed by atoms with E-state index >= 15 is 0 Å². The number of hydrogen-bond acceptors (Lipinski definition) is 8. The van der Waals surface area contributed by atoms with Crippen molar-refractivity contribution in [1.29, 1.82) is 5.26 Å². The Bertz CT molecular complexity index is 1510. The van der Waals surface area contributed by atoms with Crippen LogP contribution in [0, 0.1) is 17.1 Å². The Balaban J connectivity index is 1.53. The molecule has 1 saturated heterocycles. The van der Waals surface area contributed by atoms with Crippen molar-refractivity contribution in [3.63, 3.8) is 0 Å². The maximum absolute atomic E-state index is 13.9. The standard InChI is InChI=1S/C30H28FN7O/c1-2-11-33-23-10-9-21(19-32)27(18-23)29-28(35-24-6-3-5-22(31)16-24)20-34-30(37-29)36-25-7-4-8-26(17-25)38-12-14-39-15-13-38/h2-10,16-18,20,33,35H,1,11-15H2,(H,34,36,37). The van der Waals surface area contributed by atoms with E-state index < -0.39 is 0 Å². The van der Waals surface area contributed by atoms with Gasteiger partial charge in [0.25, 0.3) is 0 Å². The van der Waals surface area contributed by atoms with Crippen LogP contribution in [0.4, 0.5) is 38.8 Å². The van der Waals surface area contributed by atoms with Crippen molar-refractivity contribution in [3.05, 3.63) is 97.0 Å². The number of nitrogens with one attached hydrogen (secondary N) is 3. The third kappa shape index (κ3) is 6.32. The van der Waals surface area contributed by atoms with E-state index in [1.165, 1.54) is 12.1 Å². The van der Waals surface area contributed by atoms with Crippen molar-refractivity contribution >= 4 is 34.4 Å². The number of benzene rings is 3. The van der Waals surface area contributed by atoms with Gasteiger partial charge in [0.2, 0.25) is 5.95 Å². The predicted octanol–water partition coefficient (Wildman–Crippen LogP) is 6.08.